The number of nitrogen functional groups attached to an aromatic ring is 1. The van der Waals surface area contributed by atoms with E-state index < -0.39 is 24.0 Å². The number of hydrogen-bond acceptors (Lipinski definition) is 7. The number of imide groups is 1. The molecular formula is C24H31ClN4O4. The van der Waals surface area contributed by atoms with Gasteiger partial charge in [-0.1, -0.05) is 17.7 Å². The zero-order chi connectivity index (χ0) is 23.0. The zero-order valence-electron chi connectivity index (χ0n) is 18.5. The summed E-state index contributed by atoms with van der Waals surface area (Å²) in [6, 6.07) is 5.75. The lowest BCUT2D eigenvalue weighted by atomic mass is 9.78. The molecule has 0 aromatic heterocycles. The minimum absolute atomic E-state index is 0.123. The van der Waals surface area contributed by atoms with Crippen LogP contribution in [-0.4, -0.2) is 83.3 Å². The second kappa shape index (κ2) is 7.83. The number of amides is 2. The van der Waals surface area contributed by atoms with E-state index >= 15 is 0 Å². The Morgan fingerprint density at radius 1 is 0.909 bits per heavy atom. The molecule has 178 valence electrons. The van der Waals surface area contributed by atoms with E-state index in [0.717, 1.165) is 44.8 Å². The van der Waals surface area contributed by atoms with Crippen LogP contribution in [0.25, 0.3) is 0 Å². The van der Waals surface area contributed by atoms with Crippen molar-refractivity contribution in [2.45, 2.75) is 25.0 Å². The van der Waals surface area contributed by atoms with Gasteiger partial charge in [0.15, 0.2) is 0 Å². The van der Waals surface area contributed by atoms with Gasteiger partial charge in [-0.15, -0.1) is 0 Å². The summed E-state index contributed by atoms with van der Waals surface area (Å²) in [6.45, 7) is 5.13. The third kappa shape index (κ3) is 3.37. The lowest BCUT2D eigenvalue weighted by Crippen LogP contribution is -2.47. The van der Waals surface area contributed by atoms with Gasteiger partial charge >= 0.3 is 0 Å². The number of aliphatic hydroxyl groups is 2. The van der Waals surface area contributed by atoms with Gasteiger partial charge in [-0.2, -0.15) is 0 Å². The van der Waals surface area contributed by atoms with Crippen LogP contribution in [0.15, 0.2) is 18.2 Å². The van der Waals surface area contributed by atoms with Crippen LogP contribution < -0.4 is 10.6 Å². The highest BCUT2D eigenvalue weighted by Gasteiger charge is 2.67. The molecule has 0 spiro atoms. The summed E-state index contributed by atoms with van der Waals surface area (Å²) in [5.41, 5.74) is 7.54. The summed E-state index contributed by atoms with van der Waals surface area (Å²) in [4.78, 5) is 32.2. The number of piperazine rings is 1. The van der Waals surface area contributed by atoms with Crippen LogP contribution in [0.2, 0.25) is 5.02 Å². The lowest BCUT2D eigenvalue weighted by Gasteiger charge is -2.36. The fourth-order valence-corrected chi connectivity index (χ4v) is 7.19. The molecule has 6 rings (SSSR count). The summed E-state index contributed by atoms with van der Waals surface area (Å²) in [7, 11) is 0. The van der Waals surface area contributed by atoms with Crippen molar-refractivity contribution >= 4 is 34.8 Å². The Balaban J connectivity index is 1.01. The number of nitrogens with two attached hydrogens (primary N) is 1. The van der Waals surface area contributed by atoms with Gasteiger partial charge in [-0.3, -0.25) is 19.4 Å². The maximum Gasteiger partial charge on any atom is 0.233 e. The van der Waals surface area contributed by atoms with Crippen molar-refractivity contribution in [1.29, 1.82) is 0 Å². The molecule has 2 amide bonds. The highest BCUT2D eigenvalue weighted by molar-refractivity contribution is 6.35. The van der Waals surface area contributed by atoms with Gasteiger partial charge in [-0.25, -0.2) is 0 Å². The van der Waals surface area contributed by atoms with E-state index in [1.807, 2.05) is 18.2 Å². The van der Waals surface area contributed by atoms with Gasteiger partial charge in [-0.05, 0) is 36.8 Å². The van der Waals surface area contributed by atoms with Crippen molar-refractivity contribution in [3.05, 3.63) is 23.2 Å². The number of halogens is 1. The molecule has 8 nitrogen and oxygen atoms in total. The van der Waals surface area contributed by atoms with Crippen molar-refractivity contribution in [2.75, 3.05) is 49.9 Å². The second-order valence-electron chi connectivity index (χ2n) is 10.6. The largest absolute Gasteiger partial charge is 0.397 e. The standard InChI is InChI=1S/C24H31ClN4O4/c25-20-16(26)2-1-3-17(20)28-6-4-27(5-7-28)10-12-8-13(12)11-29-23(32)18-14-9-15(19(18)24(29)33)22(31)21(14)30/h1-3,12-15,18-19,21-22,30-31H,4-11,26H2/t12-,13-,14?,15?,18?,19?,21?,22?/m1/s1. The lowest BCUT2D eigenvalue weighted by molar-refractivity contribution is -0.141. The molecule has 1 aromatic rings. The first-order valence-electron chi connectivity index (χ1n) is 12.1. The molecule has 2 aliphatic heterocycles. The Labute approximate surface area is 198 Å². The average Bonchev–Trinajstić information content (AvgIpc) is 3.20. The number of anilines is 2. The molecule has 33 heavy (non-hydrogen) atoms. The number of aliphatic hydroxyl groups excluding tert-OH is 2. The number of carbonyl (C=O) groups excluding carboxylic acids is 2. The van der Waals surface area contributed by atoms with Gasteiger partial charge in [0.1, 0.15) is 0 Å². The number of rotatable bonds is 5. The molecule has 2 bridgehead atoms. The minimum Gasteiger partial charge on any atom is -0.397 e. The van der Waals surface area contributed by atoms with Crippen molar-refractivity contribution in [3.63, 3.8) is 0 Å². The predicted octanol–water partition coefficient (Wildman–Crippen LogP) is 0.653. The zero-order valence-corrected chi connectivity index (χ0v) is 19.3. The van der Waals surface area contributed by atoms with Crippen molar-refractivity contribution < 1.29 is 19.8 Å². The molecule has 6 unspecified atom stereocenters. The molecular weight excluding hydrogens is 444 g/mol. The first kappa shape index (κ1) is 21.6. The number of carbonyl (C=O) groups is 2. The van der Waals surface area contributed by atoms with Crippen LogP contribution in [0.5, 0.6) is 0 Å². The van der Waals surface area contributed by atoms with Crippen LogP contribution in [0.1, 0.15) is 12.8 Å². The molecule has 8 atom stereocenters. The van der Waals surface area contributed by atoms with Crippen LogP contribution >= 0.6 is 11.6 Å². The van der Waals surface area contributed by atoms with Crippen LogP contribution in [0.4, 0.5) is 11.4 Å². The molecule has 5 aliphatic rings. The van der Waals surface area contributed by atoms with E-state index in [-0.39, 0.29) is 23.7 Å². The fraction of sp³-hybridized carbons (Fsp3) is 0.667. The van der Waals surface area contributed by atoms with E-state index in [0.29, 0.717) is 35.5 Å². The Morgan fingerprint density at radius 3 is 2.15 bits per heavy atom. The highest BCUT2D eigenvalue weighted by atomic mass is 35.5. The summed E-state index contributed by atoms with van der Waals surface area (Å²) in [5.74, 6) is -0.780. The van der Waals surface area contributed by atoms with Crippen molar-refractivity contribution in [2.24, 2.45) is 35.5 Å². The maximum absolute atomic E-state index is 13.0. The van der Waals surface area contributed by atoms with E-state index in [2.05, 4.69) is 9.80 Å². The Kier molecular flexibility index (Phi) is 5.14. The van der Waals surface area contributed by atoms with Gasteiger partial charge in [0.05, 0.1) is 40.4 Å². The molecule has 4 N–H and O–H groups in total. The van der Waals surface area contributed by atoms with Crippen molar-refractivity contribution in [3.8, 4) is 0 Å². The summed E-state index contributed by atoms with van der Waals surface area (Å²) >= 11 is 6.39. The van der Waals surface area contributed by atoms with Crippen LogP contribution in [0.3, 0.4) is 0 Å². The fourth-order valence-electron chi connectivity index (χ4n) is 6.95. The monoisotopic (exact) mass is 474 g/mol. The number of hydrogen-bond donors (Lipinski definition) is 3. The number of likely N-dealkylation sites (tertiary alicyclic amines) is 1. The van der Waals surface area contributed by atoms with Crippen molar-refractivity contribution in [1.82, 2.24) is 9.80 Å². The topological polar surface area (TPSA) is 110 Å². The summed E-state index contributed by atoms with van der Waals surface area (Å²) < 4.78 is 0. The van der Waals surface area contributed by atoms with E-state index in [1.165, 1.54) is 4.90 Å². The van der Waals surface area contributed by atoms with Gasteiger partial charge < -0.3 is 20.8 Å². The molecule has 2 heterocycles. The normalized spacial score (nSPS) is 40.1. The van der Waals surface area contributed by atoms with Gasteiger partial charge in [0, 0.05) is 51.1 Å². The first-order valence-corrected chi connectivity index (χ1v) is 12.5. The summed E-state index contributed by atoms with van der Waals surface area (Å²) in [6.07, 6.45) is -0.127. The van der Waals surface area contributed by atoms with Gasteiger partial charge in [0.2, 0.25) is 11.8 Å². The molecule has 5 fully saturated rings. The highest BCUT2D eigenvalue weighted by Crippen LogP contribution is 2.56. The van der Waals surface area contributed by atoms with Crippen LogP contribution in [-0.2, 0) is 9.59 Å². The Hall–Kier alpha value is -1.87. The molecule has 1 aromatic carbocycles. The molecule has 0 radical (unpaired) electrons. The molecule has 9 heteroatoms. The predicted molar refractivity (Wildman–Crippen MR) is 123 cm³/mol. The van der Waals surface area contributed by atoms with E-state index in [9.17, 15) is 19.8 Å². The summed E-state index contributed by atoms with van der Waals surface area (Å²) in [5, 5.41) is 21.0. The smallest absolute Gasteiger partial charge is 0.233 e. The SMILES string of the molecule is Nc1cccc(N2CCN(C[C@H]3C[C@@H]3CN3C(=O)C4C5CC(C(O)C5O)C4C3=O)CC2)c1Cl. The minimum atomic E-state index is -0.873. The first-order chi connectivity index (χ1) is 15.8. The molecule has 2 saturated heterocycles. The number of nitrogens with zero attached hydrogens (tertiary/aromatic N) is 3. The van der Waals surface area contributed by atoms with Crippen LogP contribution in [0, 0.1) is 35.5 Å². The van der Waals surface area contributed by atoms with Gasteiger partial charge in [0.25, 0.3) is 0 Å². The third-order valence-electron chi connectivity index (χ3n) is 8.88. The second-order valence-corrected chi connectivity index (χ2v) is 11.0. The maximum atomic E-state index is 13.0. The average molecular weight is 475 g/mol. The molecule has 3 saturated carbocycles. The Bertz CT molecular complexity index is 951. The van der Waals surface area contributed by atoms with E-state index in [4.69, 9.17) is 17.3 Å². The number of benzene rings is 1. The van der Waals surface area contributed by atoms with E-state index in [1.54, 1.807) is 0 Å². The molecule has 3 aliphatic carbocycles. The quantitative estimate of drug-likeness (QED) is 0.424. The Morgan fingerprint density at radius 2 is 1.52 bits per heavy atom. The third-order valence-corrected chi connectivity index (χ3v) is 9.30. The number of fused-ring (bicyclic) bond motifs is 5.